The molecule has 1 aromatic carbocycles. The van der Waals surface area contributed by atoms with Gasteiger partial charge in [0, 0.05) is 19.7 Å². The van der Waals surface area contributed by atoms with E-state index in [4.69, 9.17) is 9.47 Å². The monoisotopic (exact) mass is 251 g/mol. The van der Waals surface area contributed by atoms with Crippen molar-refractivity contribution in [3.8, 4) is 11.5 Å². The van der Waals surface area contributed by atoms with Gasteiger partial charge in [0.25, 0.3) is 0 Å². The number of nitrogens with zero attached hydrogens (tertiary/aromatic N) is 1. The standard InChI is InChI=1S/C14H21NO3/c1-3-11(9-16)7-15(2)8-12-4-5-13-14(6-12)18-10-17-13/h4-6,11,16H,3,7-10H2,1-2H3. The van der Waals surface area contributed by atoms with E-state index in [1.54, 1.807) is 0 Å². The maximum absolute atomic E-state index is 9.20. The summed E-state index contributed by atoms with van der Waals surface area (Å²) in [4.78, 5) is 2.22. The Morgan fingerprint density at radius 2 is 2.11 bits per heavy atom. The Morgan fingerprint density at radius 1 is 1.33 bits per heavy atom. The zero-order chi connectivity index (χ0) is 13.0. The van der Waals surface area contributed by atoms with Gasteiger partial charge in [0.1, 0.15) is 0 Å². The second-order valence-corrected chi connectivity index (χ2v) is 4.84. The average Bonchev–Trinajstić information content (AvgIpc) is 2.83. The number of benzene rings is 1. The van der Waals surface area contributed by atoms with Gasteiger partial charge in [0.15, 0.2) is 11.5 Å². The van der Waals surface area contributed by atoms with Crippen LogP contribution in [0.25, 0.3) is 0 Å². The van der Waals surface area contributed by atoms with Crippen molar-refractivity contribution in [1.29, 1.82) is 0 Å². The van der Waals surface area contributed by atoms with Crippen molar-refractivity contribution in [3.63, 3.8) is 0 Å². The zero-order valence-electron chi connectivity index (χ0n) is 11.1. The van der Waals surface area contributed by atoms with Crippen LogP contribution >= 0.6 is 0 Å². The highest BCUT2D eigenvalue weighted by Crippen LogP contribution is 2.32. The maximum atomic E-state index is 9.20. The third kappa shape index (κ3) is 3.15. The molecule has 0 saturated carbocycles. The summed E-state index contributed by atoms with van der Waals surface area (Å²) < 4.78 is 10.7. The van der Waals surface area contributed by atoms with Crippen molar-refractivity contribution in [2.45, 2.75) is 19.9 Å². The minimum absolute atomic E-state index is 0.252. The van der Waals surface area contributed by atoms with E-state index in [1.165, 1.54) is 5.56 Å². The molecular weight excluding hydrogens is 230 g/mol. The van der Waals surface area contributed by atoms with Gasteiger partial charge in [-0.25, -0.2) is 0 Å². The van der Waals surface area contributed by atoms with Gasteiger partial charge < -0.3 is 19.5 Å². The van der Waals surface area contributed by atoms with Crippen molar-refractivity contribution in [2.24, 2.45) is 5.92 Å². The van der Waals surface area contributed by atoms with Crippen LogP contribution in [-0.2, 0) is 6.54 Å². The molecule has 1 atom stereocenters. The summed E-state index contributed by atoms with van der Waals surface area (Å²) in [5, 5.41) is 9.20. The molecule has 1 unspecified atom stereocenters. The molecular formula is C14H21NO3. The second kappa shape index (κ2) is 6.07. The molecule has 0 spiro atoms. The van der Waals surface area contributed by atoms with Crippen LogP contribution in [0.2, 0.25) is 0 Å². The Labute approximate surface area is 108 Å². The Morgan fingerprint density at radius 3 is 2.83 bits per heavy atom. The van der Waals surface area contributed by atoms with Crippen LogP contribution in [0.1, 0.15) is 18.9 Å². The van der Waals surface area contributed by atoms with Gasteiger partial charge in [-0.1, -0.05) is 13.0 Å². The van der Waals surface area contributed by atoms with Gasteiger partial charge in [0.2, 0.25) is 6.79 Å². The predicted octanol–water partition coefficient (Wildman–Crippen LogP) is 1.87. The Bertz CT molecular complexity index is 391. The van der Waals surface area contributed by atoms with Crippen molar-refractivity contribution < 1.29 is 14.6 Å². The molecule has 1 aliphatic heterocycles. The molecule has 1 N–H and O–H groups in total. The average molecular weight is 251 g/mol. The van der Waals surface area contributed by atoms with E-state index in [0.717, 1.165) is 31.0 Å². The highest BCUT2D eigenvalue weighted by atomic mass is 16.7. The summed E-state index contributed by atoms with van der Waals surface area (Å²) >= 11 is 0. The molecule has 4 heteroatoms. The van der Waals surface area contributed by atoms with Gasteiger partial charge in [-0.15, -0.1) is 0 Å². The first-order valence-corrected chi connectivity index (χ1v) is 6.40. The van der Waals surface area contributed by atoms with Crippen molar-refractivity contribution >= 4 is 0 Å². The number of rotatable bonds is 6. The van der Waals surface area contributed by atoms with E-state index >= 15 is 0 Å². The smallest absolute Gasteiger partial charge is 0.231 e. The lowest BCUT2D eigenvalue weighted by Gasteiger charge is -2.21. The fourth-order valence-electron chi connectivity index (χ4n) is 2.17. The van der Waals surface area contributed by atoms with Crippen LogP contribution < -0.4 is 9.47 Å². The molecule has 2 rings (SSSR count). The highest BCUT2D eigenvalue weighted by Gasteiger charge is 2.14. The number of ether oxygens (including phenoxy) is 2. The zero-order valence-corrected chi connectivity index (χ0v) is 11.1. The topological polar surface area (TPSA) is 41.9 Å². The number of aliphatic hydroxyl groups is 1. The summed E-state index contributed by atoms with van der Waals surface area (Å²) in [5.74, 6) is 2.00. The summed E-state index contributed by atoms with van der Waals surface area (Å²) in [6, 6.07) is 6.04. The summed E-state index contributed by atoms with van der Waals surface area (Å²) in [7, 11) is 2.07. The highest BCUT2D eigenvalue weighted by molar-refractivity contribution is 5.44. The van der Waals surface area contributed by atoms with Gasteiger partial charge in [-0.05, 0) is 37.1 Å². The Balaban J connectivity index is 1.92. The van der Waals surface area contributed by atoms with E-state index in [9.17, 15) is 5.11 Å². The molecule has 0 fully saturated rings. The quantitative estimate of drug-likeness (QED) is 0.838. The largest absolute Gasteiger partial charge is 0.454 e. The number of fused-ring (bicyclic) bond motifs is 1. The third-order valence-electron chi connectivity index (χ3n) is 3.29. The Kier molecular flexibility index (Phi) is 4.44. The van der Waals surface area contributed by atoms with E-state index in [1.807, 2.05) is 12.1 Å². The summed E-state index contributed by atoms with van der Waals surface area (Å²) in [6.45, 7) is 4.43. The van der Waals surface area contributed by atoms with Crippen LogP contribution in [0.15, 0.2) is 18.2 Å². The van der Waals surface area contributed by atoms with Crippen LogP contribution in [0, 0.1) is 5.92 Å². The Hall–Kier alpha value is -1.26. The first kappa shape index (κ1) is 13.2. The molecule has 0 bridgehead atoms. The van der Waals surface area contributed by atoms with Gasteiger partial charge >= 0.3 is 0 Å². The molecule has 0 radical (unpaired) electrons. The fraction of sp³-hybridized carbons (Fsp3) is 0.571. The van der Waals surface area contributed by atoms with Crippen LogP contribution in [0.5, 0.6) is 11.5 Å². The molecule has 1 aromatic rings. The molecule has 0 aromatic heterocycles. The minimum atomic E-state index is 0.252. The number of hydrogen-bond acceptors (Lipinski definition) is 4. The molecule has 1 heterocycles. The summed E-state index contributed by atoms with van der Waals surface area (Å²) in [5.41, 5.74) is 1.20. The lowest BCUT2D eigenvalue weighted by Crippen LogP contribution is -2.26. The molecule has 0 saturated heterocycles. The van der Waals surface area contributed by atoms with Crippen molar-refractivity contribution in [3.05, 3.63) is 23.8 Å². The van der Waals surface area contributed by atoms with Crippen LogP contribution in [-0.4, -0.2) is 37.0 Å². The van der Waals surface area contributed by atoms with E-state index in [2.05, 4.69) is 24.9 Å². The molecule has 4 nitrogen and oxygen atoms in total. The van der Waals surface area contributed by atoms with Crippen molar-refractivity contribution in [2.75, 3.05) is 27.0 Å². The molecule has 0 amide bonds. The predicted molar refractivity (Wildman–Crippen MR) is 69.8 cm³/mol. The van der Waals surface area contributed by atoms with E-state index in [0.29, 0.717) is 12.7 Å². The number of aliphatic hydroxyl groups excluding tert-OH is 1. The molecule has 18 heavy (non-hydrogen) atoms. The lowest BCUT2D eigenvalue weighted by atomic mass is 10.1. The van der Waals surface area contributed by atoms with Crippen LogP contribution in [0.3, 0.4) is 0 Å². The maximum Gasteiger partial charge on any atom is 0.231 e. The van der Waals surface area contributed by atoms with Crippen molar-refractivity contribution in [1.82, 2.24) is 4.90 Å². The molecule has 100 valence electrons. The normalized spacial score (nSPS) is 15.1. The summed E-state index contributed by atoms with van der Waals surface area (Å²) in [6.07, 6.45) is 1.00. The van der Waals surface area contributed by atoms with Gasteiger partial charge in [-0.2, -0.15) is 0 Å². The first-order valence-electron chi connectivity index (χ1n) is 6.40. The van der Waals surface area contributed by atoms with E-state index in [-0.39, 0.29) is 6.61 Å². The SMILES string of the molecule is CCC(CO)CN(C)Cc1ccc2c(c1)OCO2. The number of hydrogen-bond donors (Lipinski definition) is 1. The van der Waals surface area contributed by atoms with Crippen LogP contribution in [0.4, 0.5) is 0 Å². The lowest BCUT2D eigenvalue weighted by molar-refractivity contribution is 0.172. The van der Waals surface area contributed by atoms with E-state index < -0.39 is 0 Å². The molecule has 0 aliphatic carbocycles. The van der Waals surface area contributed by atoms with Gasteiger partial charge in [0.05, 0.1) is 0 Å². The van der Waals surface area contributed by atoms with Gasteiger partial charge in [-0.3, -0.25) is 0 Å². The second-order valence-electron chi connectivity index (χ2n) is 4.84. The molecule has 1 aliphatic rings. The minimum Gasteiger partial charge on any atom is -0.454 e. The fourth-order valence-corrected chi connectivity index (χ4v) is 2.17. The first-order chi connectivity index (χ1) is 8.72. The third-order valence-corrected chi connectivity index (χ3v) is 3.29.